The average Bonchev–Trinajstić information content (AvgIpc) is 2.46. The Bertz CT molecular complexity index is 501. The van der Waals surface area contributed by atoms with Crippen LogP contribution in [-0.4, -0.2) is 36.0 Å². The van der Waals surface area contributed by atoms with Crippen molar-refractivity contribution in [3.05, 3.63) is 34.9 Å². The molecule has 1 aliphatic heterocycles. The van der Waals surface area contributed by atoms with E-state index in [9.17, 15) is 18.0 Å². The van der Waals surface area contributed by atoms with E-state index in [-0.39, 0.29) is 18.7 Å². The first-order valence-corrected chi connectivity index (χ1v) is 7.27. The second-order valence-corrected chi connectivity index (χ2v) is 5.86. The standard InChI is InChI=1S/C15H17ClF3NO/c1-10(14(21)11-4-6-13(16)7-5-11)20-8-2-3-12(9-20)15(17,18)19/h4-7,10,12H,2-3,8-9H2,1H3. The van der Waals surface area contributed by atoms with Gasteiger partial charge in [0.2, 0.25) is 0 Å². The van der Waals surface area contributed by atoms with Crippen molar-refractivity contribution in [2.75, 3.05) is 13.1 Å². The minimum atomic E-state index is -4.19. The summed E-state index contributed by atoms with van der Waals surface area (Å²) in [6, 6.07) is 5.86. The Labute approximate surface area is 126 Å². The van der Waals surface area contributed by atoms with Crippen LogP contribution in [-0.2, 0) is 0 Å². The minimum Gasteiger partial charge on any atom is -0.293 e. The number of alkyl halides is 3. The van der Waals surface area contributed by atoms with E-state index in [0.29, 0.717) is 23.6 Å². The molecule has 1 aromatic rings. The van der Waals surface area contributed by atoms with Crippen molar-refractivity contribution >= 4 is 17.4 Å². The van der Waals surface area contributed by atoms with Crippen LogP contribution >= 0.6 is 11.6 Å². The summed E-state index contributed by atoms with van der Waals surface area (Å²) in [4.78, 5) is 14.0. The van der Waals surface area contributed by atoms with E-state index in [2.05, 4.69) is 0 Å². The van der Waals surface area contributed by atoms with Gasteiger partial charge >= 0.3 is 6.18 Å². The number of ketones is 1. The molecule has 1 aliphatic rings. The first kappa shape index (κ1) is 16.3. The highest BCUT2D eigenvalue weighted by molar-refractivity contribution is 6.30. The molecular formula is C15H17ClF3NO. The number of rotatable bonds is 3. The number of likely N-dealkylation sites (tertiary alicyclic amines) is 1. The van der Waals surface area contributed by atoms with Crippen molar-refractivity contribution in [3.63, 3.8) is 0 Å². The predicted molar refractivity (Wildman–Crippen MR) is 75.6 cm³/mol. The highest BCUT2D eigenvalue weighted by Crippen LogP contribution is 2.34. The fourth-order valence-electron chi connectivity index (χ4n) is 2.65. The molecule has 21 heavy (non-hydrogen) atoms. The summed E-state index contributed by atoms with van der Waals surface area (Å²) in [5, 5.41) is 0.523. The molecule has 1 heterocycles. The number of halogens is 4. The van der Waals surface area contributed by atoms with Crippen molar-refractivity contribution in [2.45, 2.75) is 32.0 Å². The number of carbonyl (C=O) groups excluding carboxylic acids is 1. The molecule has 2 nitrogen and oxygen atoms in total. The summed E-state index contributed by atoms with van der Waals surface area (Å²) in [6.07, 6.45) is -3.59. The van der Waals surface area contributed by atoms with Crippen molar-refractivity contribution in [1.82, 2.24) is 4.90 Å². The summed E-state index contributed by atoms with van der Waals surface area (Å²) >= 11 is 5.77. The maximum atomic E-state index is 12.8. The lowest BCUT2D eigenvalue weighted by atomic mass is 9.94. The largest absolute Gasteiger partial charge is 0.393 e. The highest BCUT2D eigenvalue weighted by Gasteiger charge is 2.43. The lowest BCUT2D eigenvalue weighted by Crippen LogP contribution is -2.48. The summed E-state index contributed by atoms with van der Waals surface area (Å²) in [5.74, 6) is -1.51. The smallest absolute Gasteiger partial charge is 0.293 e. The van der Waals surface area contributed by atoms with E-state index in [1.54, 1.807) is 36.1 Å². The second kappa shape index (κ2) is 6.36. The molecule has 0 radical (unpaired) electrons. The van der Waals surface area contributed by atoms with E-state index < -0.39 is 18.1 Å². The second-order valence-electron chi connectivity index (χ2n) is 5.42. The number of carbonyl (C=O) groups is 1. The summed E-state index contributed by atoms with van der Waals surface area (Å²) in [5.41, 5.74) is 0.473. The Morgan fingerprint density at radius 2 is 1.95 bits per heavy atom. The maximum absolute atomic E-state index is 12.8. The summed E-state index contributed by atoms with van der Waals surface area (Å²) in [7, 11) is 0. The lowest BCUT2D eigenvalue weighted by Gasteiger charge is -2.36. The van der Waals surface area contributed by atoms with Gasteiger partial charge in [0.05, 0.1) is 12.0 Å². The topological polar surface area (TPSA) is 20.3 Å². The van der Waals surface area contributed by atoms with Crippen molar-refractivity contribution in [3.8, 4) is 0 Å². The van der Waals surface area contributed by atoms with Crippen molar-refractivity contribution in [2.24, 2.45) is 5.92 Å². The van der Waals surface area contributed by atoms with Gasteiger partial charge in [-0.1, -0.05) is 11.6 Å². The van der Waals surface area contributed by atoms with Gasteiger partial charge in [0.25, 0.3) is 0 Å². The molecule has 1 fully saturated rings. The normalized spacial score (nSPS) is 22.0. The first-order valence-electron chi connectivity index (χ1n) is 6.89. The molecule has 0 amide bonds. The molecule has 6 heteroatoms. The molecular weight excluding hydrogens is 303 g/mol. The quantitative estimate of drug-likeness (QED) is 0.779. The minimum absolute atomic E-state index is 0.107. The zero-order valence-corrected chi connectivity index (χ0v) is 12.4. The number of hydrogen-bond acceptors (Lipinski definition) is 2. The molecule has 0 N–H and O–H groups in total. The van der Waals surface area contributed by atoms with E-state index in [1.165, 1.54) is 0 Å². The van der Waals surface area contributed by atoms with Gasteiger partial charge < -0.3 is 0 Å². The number of Topliss-reactive ketones (excluding diaryl/α,β-unsaturated/α-hetero) is 1. The number of nitrogens with zero attached hydrogens (tertiary/aromatic N) is 1. The zero-order valence-electron chi connectivity index (χ0n) is 11.7. The van der Waals surface area contributed by atoms with Gasteiger partial charge in [-0.2, -0.15) is 13.2 Å². The van der Waals surface area contributed by atoms with Gasteiger partial charge in [0.1, 0.15) is 0 Å². The molecule has 2 rings (SSSR count). The third-order valence-corrected chi connectivity index (χ3v) is 4.22. The van der Waals surface area contributed by atoms with E-state index >= 15 is 0 Å². The van der Waals surface area contributed by atoms with Crippen LogP contribution in [0.1, 0.15) is 30.1 Å². The SMILES string of the molecule is CC(C(=O)c1ccc(Cl)cc1)N1CCCC(C(F)(F)F)C1. The number of hydrogen-bond donors (Lipinski definition) is 0. The van der Waals surface area contributed by atoms with Gasteiger partial charge in [-0.3, -0.25) is 9.69 Å². The van der Waals surface area contributed by atoms with Gasteiger partial charge in [-0.25, -0.2) is 0 Å². The van der Waals surface area contributed by atoms with Crippen LogP contribution in [0.5, 0.6) is 0 Å². The molecule has 0 bridgehead atoms. The van der Waals surface area contributed by atoms with Crippen LogP contribution in [0.25, 0.3) is 0 Å². The molecule has 0 aliphatic carbocycles. The van der Waals surface area contributed by atoms with Crippen molar-refractivity contribution in [1.29, 1.82) is 0 Å². The highest BCUT2D eigenvalue weighted by atomic mass is 35.5. The molecule has 1 aromatic carbocycles. The predicted octanol–water partition coefficient (Wildman–Crippen LogP) is 4.19. The number of benzene rings is 1. The summed E-state index contributed by atoms with van der Waals surface area (Å²) < 4.78 is 38.5. The van der Waals surface area contributed by atoms with Gasteiger partial charge in [0.15, 0.2) is 5.78 Å². The van der Waals surface area contributed by atoms with Crippen LogP contribution in [0.15, 0.2) is 24.3 Å². The maximum Gasteiger partial charge on any atom is 0.393 e. The molecule has 2 atom stereocenters. The molecule has 116 valence electrons. The zero-order chi connectivity index (χ0) is 15.6. The van der Waals surface area contributed by atoms with Gasteiger partial charge in [-0.15, -0.1) is 0 Å². The molecule has 0 spiro atoms. The molecule has 2 unspecified atom stereocenters. The third-order valence-electron chi connectivity index (χ3n) is 3.97. The lowest BCUT2D eigenvalue weighted by molar-refractivity contribution is -0.187. The summed E-state index contributed by atoms with van der Waals surface area (Å²) in [6.45, 7) is 2.08. The molecule has 0 saturated carbocycles. The van der Waals surface area contributed by atoms with Crippen LogP contribution in [0, 0.1) is 5.92 Å². The fourth-order valence-corrected chi connectivity index (χ4v) is 2.77. The van der Waals surface area contributed by atoms with Gasteiger partial charge in [0, 0.05) is 17.1 Å². The Balaban J connectivity index is 2.06. The Morgan fingerprint density at radius 1 is 1.33 bits per heavy atom. The average molecular weight is 320 g/mol. The van der Waals surface area contributed by atoms with Crippen LogP contribution in [0.4, 0.5) is 13.2 Å². The number of piperidine rings is 1. The monoisotopic (exact) mass is 319 g/mol. The molecule has 0 aromatic heterocycles. The Hall–Kier alpha value is -1.07. The Kier molecular flexibility index (Phi) is 4.94. The van der Waals surface area contributed by atoms with Crippen LogP contribution in [0.2, 0.25) is 5.02 Å². The van der Waals surface area contributed by atoms with E-state index in [4.69, 9.17) is 11.6 Å². The van der Waals surface area contributed by atoms with Crippen molar-refractivity contribution < 1.29 is 18.0 Å². The van der Waals surface area contributed by atoms with Crippen LogP contribution < -0.4 is 0 Å². The first-order chi connectivity index (χ1) is 9.79. The van der Waals surface area contributed by atoms with E-state index in [0.717, 1.165) is 0 Å². The Morgan fingerprint density at radius 3 is 2.52 bits per heavy atom. The van der Waals surface area contributed by atoms with Gasteiger partial charge in [-0.05, 0) is 50.6 Å². The third kappa shape index (κ3) is 3.98. The fraction of sp³-hybridized carbons (Fsp3) is 0.533. The van der Waals surface area contributed by atoms with Crippen LogP contribution in [0.3, 0.4) is 0 Å². The van der Waals surface area contributed by atoms with E-state index in [1.807, 2.05) is 0 Å². The molecule has 1 saturated heterocycles.